The lowest BCUT2D eigenvalue weighted by molar-refractivity contribution is -0.127. The first-order valence-electron chi connectivity index (χ1n) is 8.89. The summed E-state index contributed by atoms with van der Waals surface area (Å²) in [5.41, 5.74) is 0. The highest BCUT2D eigenvalue weighted by Crippen LogP contribution is 2.29. The van der Waals surface area contributed by atoms with Crippen LogP contribution in [0.1, 0.15) is 12.8 Å². The minimum Gasteiger partial charge on any atom is -0.381 e. The van der Waals surface area contributed by atoms with Gasteiger partial charge in [0.2, 0.25) is 11.8 Å². The lowest BCUT2D eigenvalue weighted by Crippen LogP contribution is -2.45. The third-order valence-corrected chi connectivity index (χ3v) is 4.92. The van der Waals surface area contributed by atoms with Crippen molar-refractivity contribution in [1.82, 2.24) is 20.0 Å². The van der Waals surface area contributed by atoms with Gasteiger partial charge in [0.05, 0.1) is 6.54 Å². The highest BCUT2D eigenvalue weighted by molar-refractivity contribution is 14.0. The van der Waals surface area contributed by atoms with Crippen molar-refractivity contribution in [2.45, 2.75) is 12.8 Å². The number of nitrogens with zero attached hydrogens (tertiary/aromatic N) is 4. The number of nitrogens with one attached hydrogen (secondary N) is 1. The number of rotatable bonds is 5. The predicted octanol–water partition coefficient (Wildman–Crippen LogP) is 0.0848. The molecule has 0 aromatic rings. The number of ether oxygens (including phenoxy) is 1. The normalized spacial score (nSPS) is 22.8. The fourth-order valence-electron chi connectivity index (χ4n) is 3.15. The first-order valence-corrected chi connectivity index (χ1v) is 8.89. The molecule has 0 bridgehead atoms. The minimum absolute atomic E-state index is 0. The van der Waals surface area contributed by atoms with E-state index in [-0.39, 0.29) is 48.9 Å². The molecule has 2 rings (SSSR count). The molecule has 0 saturated carbocycles. The van der Waals surface area contributed by atoms with E-state index in [9.17, 15) is 9.59 Å². The van der Waals surface area contributed by atoms with Gasteiger partial charge < -0.3 is 24.8 Å². The molecule has 0 aliphatic carbocycles. The van der Waals surface area contributed by atoms with E-state index in [1.54, 1.807) is 28.2 Å². The van der Waals surface area contributed by atoms with Crippen molar-refractivity contribution in [3.05, 3.63) is 0 Å². The molecule has 2 aliphatic heterocycles. The first-order chi connectivity index (χ1) is 11.9. The van der Waals surface area contributed by atoms with Gasteiger partial charge in [0.1, 0.15) is 6.54 Å². The SMILES string of the molecule is CN(C)C(=O)CN=C(NCC(=O)N(C)C)N1CCC(C2CCOC2)C1.I. The predicted molar refractivity (Wildman–Crippen MR) is 112 cm³/mol. The van der Waals surface area contributed by atoms with Crippen molar-refractivity contribution in [2.24, 2.45) is 16.8 Å². The Labute approximate surface area is 173 Å². The molecule has 2 heterocycles. The quantitative estimate of drug-likeness (QED) is 0.342. The van der Waals surface area contributed by atoms with Crippen LogP contribution in [0.2, 0.25) is 0 Å². The van der Waals surface area contributed by atoms with Gasteiger partial charge in [-0.15, -0.1) is 24.0 Å². The van der Waals surface area contributed by atoms with Gasteiger partial charge in [0.15, 0.2) is 5.96 Å². The van der Waals surface area contributed by atoms with Crippen LogP contribution in [0.15, 0.2) is 4.99 Å². The van der Waals surface area contributed by atoms with Gasteiger partial charge in [-0.05, 0) is 24.7 Å². The number of halogens is 1. The van der Waals surface area contributed by atoms with Gasteiger partial charge >= 0.3 is 0 Å². The fraction of sp³-hybridized carbons (Fsp3) is 0.824. The highest BCUT2D eigenvalue weighted by atomic mass is 127. The highest BCUT2D eigenvalue weighted by Gasteiger charge is 2.33. The number of carbonyl (C=O) groups excluding carboxylic acids is 2. The van der Waals surface area contributed by atoms with Crippen LogP contribution in [0.4, 0.5) is 0 Å². The number of aliphatic imine (C=N–C) groups is 1. The summed E-state index contributed by atoms with van der Waals surface area (Å²) in [5, 5.41) is 3.13. The number of likely N-dealkylation sites (N-methyl/N-ethyl adjacent to an activating group) is 2. The second-order valence-electron chi connectivity index (χ2n) is 7.19. The second-order valence-corrected chi connectivity index (χ2v) is 7.19. The van der Waals surface area contributed by atoms with E-state index in [0.29, 0.717) is 17.8 Å². The average Bonchev–Trinajstić information content (AvgIpc) is 3.25. The van der Waals surface area contributed by atoms with Crippen LogP contribution in [-0.2, 0) is 14.3 Å². The third kappa shape index (κ3) is 6.57. The summed E-state index contributed by atoms with van der Waals surface area (Å²) in [4.78, 5) is 33.4. The van der Waals surface area contributed by atoms with Crippen molar-refractivity contribution >= 4 is 41.8 Å². The van der Waals surface area contributed by atoms with Gasteiger partial charge in [0.25, 0.3) is 0 Å². The van der Waals surface area contributed by atoms with Gasteiger partial charge in [-0.2, -0.15) is 0 Å². The molecule has 1 N–H and O–H groups in total. The Bertz CT molecular complexity index is 507. The molecule has 0 radical (unpaired) electrons. The summed E-state index contributed by atoms with van der Waals surface area (Å²) in [6.07, 6.45) is 2.22. The molecule has 2 saturated heterocycles. The van der Waals surface area contributed by atoms with Crippen LogP contribution in [0.3, 0.4) is 0 Å². The lowest BCUT2D eigenvalue weighted by Gasteiger charge is -2.24. The van der Waals surface area contributed by atoms with E-state index in [1.807, 2.05) is 0 Å². The monoisotopic (exact) mass is 481 g/mol. The molecule has 2 aliphatic rings. The Morgan fingerprint density at radius 1 is 1.12 bits per heavy atom. The van der Waals surface area contributed by atoms with Gasteiger partial charge in [0, 0.05) is 54.5 Å². The van der Waals surface area contributed by atoms with Crippen molar-refractivity contribution in [2.75, 3.05) is 67.6 Å². The molecule has 150 valence electrons. The molecule has 2 amide bonds. The fourth-order valence-corrected chi connectivity index (χ4v) is 3.15. The standard InChI is InChI=1S/C17H31N5O3.HI/c1-20(2)15(23)9-18-17(19-10-16(24)21(3)4)22-7-5-13(11-22)14-6-8-25-12-14;/h13-14H,5-12H2,1-4H3,(H,18,19);1H. The van der Waals surface area contributed by atoms with Crippen LogP contribution in [-0.4, -0.2) is 100 Å². The van der Waals surface area contributed by atoms with E-state index in [1.165, 1.54) is 9.80 Å². The number of amides is 2. The van der Waals surface area contributed by atoms with Crippen LogP contribution >= 0.6 is 24.0 Å². The lowest BCUT2D eigenvalue weighted by atomic mass is 9.91. The van der Waals surface area contributed by atoms with E-state index in [4.69, 9.17) is 4.74 Å². The largest absolute Gasteiger partial charge is 0.381 e. The number of guanidine groups is 1. The molecular formula is C17H32IN5O3. The summed E-state index contributed by atoms with van der Waals surface area (Å²) in [5.74, 6) is 1.76. The molecule has 26 heavy (non-hydrogen) atoms. The zero-order valence-electron chi connectivity index (χ0n) is 16.2. The molecule has 8 nitrogen and oxygen atoms in total. The Balaban J connectivity index is 0.00000338. The maximum absolute atomic E-state index is 11.9. The molecule has 2 atom stereocenters. The molecule has 9 heteroatoms. The zero-order chi connectivity index (χ0) is 18.4. The molecule has 2 unspecified atom stereocenters. The van der Waals surface area contributed by atoms with E-state index in [2.05, 4.69) is 15.2 Å². The van der Waals surface area contributed by atoms with Crippen LogP contribution in [0.5, 0.6) is 0 Å². The molecule has 0 aromatic heterocycles. The molecule has 0 aromatic carbocycles. The summed E-state index contributed by atoms with van der Waals surface area (Å²) in [7, 11) is 6.88. The van der Waals surface area contributed by atoms with Gasteiger partial charge in [-0.1, -0.05) is 0 Å². The third-order valence-electron chi connectivity index (χ3n) is 4.92. The van der Waals surface area contributed by atoms with E-state index in [0.717, 1.165) is 39.1 Å². The first kappa shape index (κ1) is 22.9. The van der Waals surface area contributed by atoms with Crippen molar-refractivity contribution in [3.8, 4) is 0 Å². The zero-order valence-corrected chi connectivity index (χ0v) is 18.6. The Kier molecular flexibility index (Phi) is 9.62. The smallest absolute Gasteiger partial charge is 0.243 e. The summed E-state index contributed by atoms with van der Waals surface area (Å²) in [6.45, 7) is 3.74. The van der Waals surface area contributed by atoms with Crippen molar-refractivity contribution in [1.29, 1.82) is 0 Å². The topological polar surface area (TPSA) is 77.5 Å². The maximum Gasteiger partial charge on any atom is 0.243 e. The van der Waals surface area contributed by atoms with E-state index < -0.39 is 0 Å². The Hall–Kier alpha value is -1.10. The number of hydrogen-bond acceptors (Lipinski definition) is 4. The van der Waals surface area contributed by atoms with Crippen LogP contribution in [0, 0.1) is 11.8 Å². The van der Waals surface area contributed by atoms with Gasteiger partial charge in [-0.25, -0.2) is 4.99 Å². The summed E-state index contributed by atoms with van der Waals surface area (Å²) >= 11 is 0. The van der Waals surface area contributed by atoms with Crippen molar-refractivity contribution in [3.63, 3.8) is 0 Å². The number of likely N-dealkylation sites (tertiary alicyclic amines) is 1. The second kappa shape index (κ2) is 10.9. The summed E-state index contributed by atoms with van der Waals surface area (Å²) in [6, 6.07) is 0. The maximum atomic E-state index is 11.9. The van der Waals surface area contributed by atoms with E-state index >= 15 is 0 Å². The molecule has 0 spiro atoms. The Morgan fingerprint density at radius 2 is 1.81 bits per heavy atom. The van der Waals surface area contributed by atoms with Crippen LogP contribution in [0.25, 0.3) is 0 Å². The van der Waals surface area contributed by atoms with Crippen molar-refractivity contribution < 1.29 is 14.3 Å². The average molecular weight is 481 g/mol. The molecular weight excluding hydrogens is 449 g/mol. The number of hydrogen-bond donors (Lipinski definition) is 1. The van der Waals surface area contributed by atoms with Crippen LogP contribution < -0.4 is 5.32 Å². The minimum atomic E-state index is -0.0572. The molecule has 2 fully saturated rings. The summed E-state index contributed by atoms with van der Waals surface area (Å²) < 4.78 is 5.51. The van der Waals surface area contributed by atoms with Gasteiger partial charge in [-0.3, -0.25) is 9.59 Å². The Morgan fingerprint density at radius 3 is 2.38 bits per heavy atom. The number of carbonyl (C=O) groups is 2.